The Morgan fingerprint density at radius 1 is 1.05 bits per heavy atom. The topological polar surface area (TPSA) is 92.6 Å². The van der Waals surface area contributed by atoms with Crippen molar-refractivity contribution in [3.63, 3.8) is 0 Å². The van der Waals surface area contributed by atoms with Crippen molar-refractivity contribution in [1.82, 2.24) is 10.2 Å². The van der Waals surface area contributed by atoms with E-state index in [4.69, 9.17) is 4.74 Å². The molecular formula is C30H26FN3O4S2. The van der Waals surface area contributed by atoms with E-state index >= 15 is 0 Å². The SMILES string of the molecule is CCCCOc1ccc(C(O)=C2C(=O)C(=O)N(c3nnc(SCc4ccccc4)s3)C2c2cccc(F)c2)cc1. The van der Waals surface area contributed by atoms with Gasteiger partial charge >= 0.3 is 5.91 Å². The number of Topliss-reactive ketones (excluding diaryl/α,β-unsaturated/α-hetero) is 1. The molecule has 0 radical (unpaired) electrons. The number of hydrogen-bond acceptors (Lipinski definition) is 8. The van der Waals surface area contributed by atoms with Crippen LogP contribution in [0.4, 0.5) is 9.52 Å². The first-order valence-corrected chi connectivity index (χ1v) is 14.6. The smallest absolute Gasteiger partial charge is 0.301 e. The summed E-state index contributed by atoms with van der Waals surface area (Å²) in [7, 11) is 0. The Labute approximate surface area is 239 Å². The molecule has 7 nitrogen and oxygen atoms in total. The second-order valence-corrected chi connectivity index (χ2v) is 11.3. The van der Waals surface area contributed by atoms with E-state index in [1.165, 1.54) is 34.9 Å². The van der Waals surface area contributed by atoms with Gasteiger partial charge in [0.05, 0.1) is 18.2 Å². The van der Waals surface area contributed by atoms with Gasteiger partial charge in [0.15, 0.2) is 4.34 Å². The number of rotatable bonds is 10. The van der Waals surface area contributed by atoms with Gasteiger partial charge in [0.25, 0.3) is 5.78 Å². The van der Waals surface area contributed by atoms with E-state index in [2.05, 4.69) is 17.1 Å². The molecule has 0 bridgehead atoms. The van der Waals surface area contributed by atoms with Crippen molar-refractivity contribution in [2.45, 2.75) is 35.9 Å². The zero-order valence-corrected chi connectivity index (χ0v) is 23.3. The second-order valence-electron chi connectivity index (χ2n) is 9.08. The molecule has 1 unspecified atom stereocenters. The first kappa shape index (κ1) is 27.5. The van der Waals surface area contributed by atoms with Crippen LogP contribution < -0.4 is 9.64 Å². The predicted molar refractivity (Wildman–Crippen MR) is 154 cm³/mol. The largest absolute Gasteiger partial charge is 0.507 e. The number of anilines is 1. The van der Waals surface area contributed by atoms with Crippen LogP contribution in [0.5, 0.6) is 5.75 Å². The number of thioether (sulfide) groups is 1. The fraction of sp³-hybridized carbons (Fsp3) is 0.200. The third-order valence-corrected chi connectivity index (χ3v) is 8.44. The lowest BCUT2D eigenvalue weighted by Gasteiger charge is -2.22. The maximum atomic E-state index is 14.3. The van der Waals surface area contributed by atoms with Crippen LogP contribution >= 0.6 is 23.1 Å². The van der Waals surface area contributed by atoms with E-state index in [0.717, 1.165) is 29.7 Å². The number of aromatic nitrogens is 2. The van der Waals surface area contributed by atoms with Crippen molar-refractivity contribution in [3.8, 4) is 5.75 Å². The van der Waals surface area contributed by atoms with Gasteiger partial charge < -0.3 is 9.84 Å². The van der Waals surface area contributed by atoms with Crippen LogP contribution in [-0.4, -0.2) is 33.6 Å². The molecule has 1 saturated heterocycles. The molecule has 4 aromatic rings. The molecule has 1 fully saturated rings. The molecule has 1 aliphatic rings. The summed E-state index contributed by atoms with van der Waals surface area (Å²) < 4.78 is 20.6. The lowest BCUT2D eigenvalue weighted by Crippen LogP contribution is -2.29. The Hall–Kier alpha value is -4.02. The molecule has 0 aliphatic carbocycles. The number of amides is 1. The first-order chi connectivity index (χ1) is 19.5. The van der Waals surface area contributed by atoms with Gasteiger partial charge in [0.2, 0.25) is 5.13 Å². The summed E-state index contributed by atoms with van der Waals surface area (Å²) in [5.41, 5.74) is 1.61. The number of carbonyl (C=O) groups excluding carboxylic acids is 2. The van der Waals surface area contributed by atoms with E-state index < -0.39 is 23.5 Å². The molecule has 10 heteroatoms. The normalized spacial score (nSPS) is 16.4. The fourth-order valence-corrected chi connectivity index (χ4v) is 6.12. The van der Waals surface area contributed by atoms with Gasteiger partial charge in [0.1, 0.15) is 17.3 Å². The van der Waals surface area contributed by atoms with Crippen LogP contribution in [0, 0.1) is 5.82 Å². The van der Waals surface area contributed by atoms with Gasteiger partial charge in [-0.15, -0.1) is 10.2 Å². The summed E-state index contributed by atoms with van der Waals surface area (Å²) in [6.45, 7) is 2.64. The highest BCUT2D eigenvalue weighted by Gasteiger charge is 2.48. The summed E-state index contributed by atoms with van der Waals surface area (Å²) in [6.07, 6.45) is 1.91. The average molecular weight is 576 g/mol. The summed E-state index contributed by atoms with van der Waals surface area (Å²) in [4.78, 5) is 27.9. The number of halogens is 1. The molecule has 0 saturated carbocycles. The van der Waals surface area contributed by atoms with Crippen molar-refractivity contribution in [2.24, 2.45) is 0 Å². The Bertz CT molecular complexity index is 1540. The van der Waals surface area contributed by atoms with Crippen LogP contribution in [0.2, 0.25) is 0 Å². The number of aliphatic hydroxyl groups is 1. The summed E-state index contributed by atoms with van der Waals surface area (Å²) in [6, 6.07) is 21.0. The number of benzene rings is 3. The third kappa shape index (κ3) is 5.93. The van der Waals surface area contributed by atoms with Crippen molar-refractivity contribution >= 4 is 45.7 Å². The number of ketones is 1. The Balaban J connectivity index is 1.49. The number of aliphatic hydroxyl groups excluding tert-OH is 1. The molecule has 1 amide bonds. The number of unbranched alkanes of at least 4 members (excludes halogenated alkanes) is 1. The molecule has 2 heterocycles. The van der Waals surface area contributed by atoms with Crippen LogP contribution in [-0.2, 0) is 15.3 Å². The molecule has 40 heavy (non-hydrogen) atoms. The van der Waals surface area contributed by atoms with E-state index in [1.807, 2.05) is 30.3 Å². The fourth-order valence-electron chi connectivity index (χ4n) is 4.30. The standard InChI is InChI=1S/C30H26FN3O4S2/c1-2-3-16-38-23-14-12-20(13-15-23)26(35)24-25(21-10-7-11-22(31)17-21)34(28(37)27(24)36)29-32-33-30(40-29)39-18-19-8-5-4-6-9-19/h4-15,17,25,35H,2-3,16,18H2,1H3. The summed E-state index contributed by atoms with van der Waals surface area (Å²) in [5, 5.41) is 19.9. The Morgan fingerprint density at radius 3 is 2.55 bits per heavy atom. The van der Waals surface area contributed by atoms with Crippen LogP contribution in [0.25, 0.3) is 5.76 Å². The minimum Gasteiger partial charge on any atom is -0.507 e. The van der Waals surface area contributed by atoms with Crippen LogP contribution in [0.1, 0.15) is 42.5 Å². The van der Waals surface area contributed by atoms with E-state index in [0.29, 0.717) is 33.6 Å². The maximum Gasteiger partial charge on any atom is 0.301 e. The zero-order valence-electron chi connectivity index (χ0n) is 21.6. The van der Waals surface area contributed by atoms with Crippen LogP contribution in [0.15, 0.2) is 88.8 Å². The van der Waals surface area contributed by atoms with Gasteiger partial charge in [-0.1, -0.05) is 78.9 Å². The highest BCUT2D eigenvalue weighted by atomic mass is 32.2. The number of hydrogen-bond donors (Lipinski definition) is 1. The molecule has 1 N–H and O–H groups in total. The van der Waals surface area contributed by atoms with Crippen molar-refractivity contribution < 1.29 is 23.8 Å². The molecular weight excluding hydrogens is 549 g/mol. The van der Waals surface area contributed by atoms with Gasteiger partial charge in [-0.2, -0.15) is 0 Å². The predicted octanol–water partition coefficient (Wildman–Crippen LogP) is 6.77. The van der Waals surface area contributed by atoms with Gasteiger partial charge in [-0.3, -0.25) is 14.5 Å². The molecule has 1 aromatic heterocycles. The lowest BCUT2D eigenvalue weighted by atomic mass is 9.95. The number of carbonyl (C=O) groups is 2. The van der Waals surface area contributed by atoms with Crippen molar-refractivity contribution in [1.29, 1.82) is 0 Å². The third-order valence-electron chi connectivity index (χ3n) is 6.31. The quantitative estimate of drug-likeness (QED) is 0.0557. The molecule has 3 aromatic carbocycles. The molecule has 1 atom stereocenters. The van der Waals surface area contributed by atoms with Crippen molar-refractivity contribution in [3.05, 3.63) is 107 Å². The molecule has 1 aliphatic heterocycles. The van der Waals surface area contributed by atoms with Gasteiger partial charge in [0, 0.05) is 11.3 Å². The van der Waals surface area contributed by atoms with Crippen LogP contribution in [0.3, 0.4) is 0 Å². The van der Waals surface area contributed by atoms with E-state index in [9.17, 15) is 19.1 Å². The highest BCUT2D eigenvalue weighted by Crippen LogP contribution is 2.44. The van der Waals surface area contributed by atoms with Crippen molar-refractivity contribution in [2.75, 3.05) is 11.5 Å². The zero-order chi connectivity index (χ0) is 28.1. The molecule has 204 valence electrons. The first-order valence-electron chi connectivity index (χ1n) is 12.8. The highest BCUT2D eigenvalue weighted by molar-refractivity contribution is 8.00. The van der Waals surface area contributed by atoms with Gasteiger partial charge in [-0.25, -0.2) is 4.39 Å². The molecule has 5 rings (SSSR count). The Morgan fingerprint density at radius 2 is 1.82 bits per heavy atom. The summed E-state index contributed by atoms with van der Waals surface area (Å²) in [5.74, 6) is -1.37. The molecule has 0 spiro atoms. The summed E-state index contributed by atoms with van der Waals surface area (Å²) >= 11 is 2.61. The number of nitrogens with zero attached hydrogens (tertiary/aromatic N) is 3. The number of ether oxygens (including phenoxy) is 1. The monoisotopic (exact) mass is 575 g/mol. The maximum absolute atomic E-state index is 14.3. The van der Waals surface area contributed by atoms with Gasteiger partial charge in [-0.05, 0) is 53.9 Å². The Kier molecular flexibility index (Phi) is 8.57. The average Bonchev–Trinajstić information content (AvgIpc) is 3.54. The van der Waals surface area contributed by atoms with E-state index in [1.54, 1.807) is 30.3 Å². The minimum absolute atomic E-state index is 0.149. The second kappa shape index (κ2) is 12.4. The van der Waals surface area contributed by atoms with E-state index in [-0.39, 0.29) is 16.5 Å². The minimum atomic E-state index is -1.09. The lowest BCUT2D eigenvalue weighted by molar-refractivity contribution is -0.132.